The van der Waals surface area contributed by atoms with Crippen molar-refractivity contribution in [3.8, 4) is 5.75 Å². The Bertz CT molecular complexity index is 655. The normalized spacial score (nSPS) is 10.8. The fourth-order valence-corrected chi connectivity index (χ4v) is 2.13. The van der Waals surface area contributed by atoms with Crippen LogP contribution in [-0.4, -0.2) is 15.9 Å². The molecule has 0 unspecified atom stereocenters. The first-order valence-corrected chi connectivity index (χ1v) is 6.69. The summed E-state index contributed by atoms with van der Waals surface area (Å²) in [6, 6.07) is 14.0. The number of hydrogen-bond donors (Lipinski definition) is 1. The van der Waals surface area contributed by atoms with Crippen molar-refractivity contribution < 1.29 is 4.74 Å². The number of ether oxygens (including phenoxy) is 1. The van der Waals surface area contributed by atoms with Crippen LogP contribution in [0.1, 0.15) is 11.3 Å². The average Bonchev–Trinajstić information content (AvgIpc) is 2.90. The average molecular weight is 267 g/mol. The Hall–Kier alpha value is -2.33. The molecule has 0 saturated carbocycles. The lowest BCUT2D eigenvalue weighted by molar-refractivity contribution is 0.302. The van der Waals surface area contributed by atoms with Gasteiger partial charge in [-0.2, -0.15) is 0 Å². The van der Waals surface area contributed by atoms with Gasteiger partial charge in [0.15, 0.2) is 0 Å². The lowest BCUT2D eigenvalue weighted by Gasteiger charge is -2.05. The van der Waals surface area contributed by atoms with Gasteiger partial charge in [-0.05, 0) is 42.8 Å². The molecule has 4 heteroatoms. The smallest absolute Gasteiger partial charge is 0.137 e. The van der Waals surface area contributed by atoms with Gasteiger partial charge in [0.2, 0.25) is 0 Å². The summed E-state index contributed by atoms with van der Waals surface area (Å²) in [6.45, 7) is 1.14. The van der Waals surface area contributed by atoms with Crippen LogP contribution in [0.15, 0.2) is 54.9 Å². The van der Waals surface area contributed by atoms with Crippen molar-refractivity contribution in [2.24, 2.45) is 5.73 Å². The molecule has 0 fully saturated rings. The summed E-state index contributed by atoms with van der Waals surface area (Å²) in [7, 11) is 0. The van der Waals surface area contributed by atoms with Crippen LogP contribution in [0.5, 0.6) is 5.75 Å². The SMILES string of the molecule is NCCc1ccc(OCc2cn3ccccc3n2)cc1. The van der Waals surface area contributed by atoms with E-state index in [1.165, 1.54) is 5.56 Å². The molecular weight excluding hydrogens is 250 g/mol. The molecule has 20 heavy (non-hydrogen) atoms. The molecule has 2 heterocycles. The number of rotatable bonds is 5. The van der Waals surface area contributed by atoms with Crippen LogP contribution in [0.3, 0.4) is 0 Å². The van der Waals surface area contributed by atoms with Crippen molar-refractivity contribution in [1.29, 1.82) is 0 Å². The Morgan fingerprint density at radius 3 is 2.70 bits per heavy atom. The summed E-state index contributed by atoms with van der Waals surface area (Å²) in [5.74, 6) is 0.850. The second kappa shape index (κ2) is 5.75. The first-order valence-electron chi connectivity index (χ1n) is 6.69. The van der Waals surface area contributed by atoms with Crippen molar-refractivity contribution in [2.45, 2.75) is 13.0 Å². The molecule has 3 rings (SSSR count). The minimum Gasteiger partial charge on any atom is -0.487 e. The fourth-order valence-electron chi connectivity index (χ4n) is 2.13. The molecule has 0 radical (unpaired) electrons. The number of nitrogens with zero attached hydrogens (tertiary/aromatic N) is 2. The van der Waals surface area contributed by atoms with Gasteiger partial charge in [0.05, 0.1) is 5.69 Å². The van der Waals surface area contributed by atoms with E-state index in [0.717, 1.165) is 23.5 Å². The summed E-state index contributed by atoms with van der Waals surface area (Å²) in [5.41, 5.74) is 8.61. The van der Waals surface area contributed by atoms with Gasteiger partial charge >= 0.3 is 0 Å². The Kier molecular flexibility index (Phi) is 3.65. The largest absolute Gasteiger partial charge is 0.487 e. The Labute approximate surface area is 117 Å². The number of nitrogens with two attached hydrogens (primary N) is 1. The molecule has 1 aromatic carbocycles. The predicted molar refractivity (Wildman–Crippen MR) is 78.7 cm³/mol. The maximum Gasteiger partial charge on any atom is 0.137 e. The Morgan fingerprint density at radius 1 is 1.10 bits per heavy atom. The highest BCUT2D eigenvalue weighted by Gasteiger charge is 2.02. The molecular formula is C16H17N3O. The van der Waals surface area contributed by atoms with Gasteiger partial charge in [-0.15, -0.1) is 0 Å². The highest BCUT2D eigenvalue weighted by Crippen LogP contribution is 2.14. The zero-order valence-electron chi connectivity index (χ0n) is 11.2. The second-order valence-electron chi connectivity index (χ2n) is 4.67. The number of pyridine rings is 1. The van der Waals surface area contributed by atoms with E-state index >= 15 is 0 Å². The second-order valence-corrected chi connectivity index (χ2v) is 4.67. The van der Waals surface area contributed by atoms with Crippen molar-refractivity contribution in [3.63, 3.8) is 0 Å². The number of imidazole rings is 1. The molecule has 0 atom stereocenters. The number of fused-ring (bicyclic) bond motifs is 1. The standard InChI is InChI=1S/C16H17N3O/c17-9-8-13-4-6-15(7-5-13)20-12-14-11-19-10-2-1-3-16(19)18-14/h1-7,10-11H,8-9,12,17H2. The topological polar surface area (TPSA) is 52.5 Å². The summed E-state index contributed by atoms with van der Waals surface area (Å²) >= 11 is 0. The summed E-state index contributed by atoms with van der Waals surface area (Å²) in [5, 5.41) is 0. The molecule has 0 aliphatic rings. The Balaban J connectivity index is 1.66. The van der Waals surface area contributed by atoms with Crippen molar-refractivity contribution in [3.05, 3.63) is 66.1 Å². The van der Waals surface area contributed by atoms with Gasteiger partial charge in [0.1, 0.15) is 18.0 Å². The zero-order valence-corrected chi connectivity index (χ0v) is 11.2. The molecule has 0 spiro atoms. The fraction of sp³-hybridized carbons (Fsp3) is 0.188. The van der Waals surface area contributed by atoms with Crippen LogP contribution in [0.4, 0.5) is 0 Å². The molecule has 3 aromatic rings. The maximum absolute atomic E-state index is 5.75. The van der Waals surface area contributed by atoms with Gasteiger partial charge in [-0.3, -0.25) is 0 Å². The number of hydrogen-bond acceptors (Lipinski definition) is 3. The van der Waals surface area contributed by atoms with E-state index in [0.29, 0.717) is 13.2 Å². The van der Waals surface area contributed by atoms with Crippen LogP contribution in [0, 0.1) is 0 Å². The van der Waals surface area contributed by atoms with Crippen LogP contribution in [0.2, 0.25) is 0 Å². The molecule has 102 valence electrons. The third-order valence-electron chi connectivity index (χ3n) is 3.16. The van der Waals surface area contributed by atoms with Gasteiger partial charge in [-0.25, -0.2) is 4.98 Å². The predicted octanol–water partition coefficient (Wildman–Crippen LogP) is 2.41. The van der Waals surface area contributed by atoms with E-state index in [4.69, 9.17) is 10.5 Å². The highest BCUT2D eigenvalue weighted by atomic mass is 16.5. The van der Waals surface area contributed by atoms with Crippen molar-refractivity contribution in [2.75, 3.05) is 6.54 Å². The van der Waals surface area contributed by atoms with Gasteiger partial charge in [-0.1, -0.05) is 18.2 Å². The van der Waals surface area contributed by atoms with E-state index in [1.54, 1.807) is 0 Å². The van der Waals surface area contributed by atoms with E-state index < -0.39 is 0 Å². The van der Waals surface area contributed by atoms with Crippen molar-refractivity contribution >= 4 is 5.65 Å². The molecule has 0 aliphatic carbocycles. The van der Waals surface area contributed by atoms with Crippen molar-refractivity contribution in [1.82, 2.24) is 9.38 Å². The molecule has 4 nitrogen and oxygen atoms in total. The third kappa shape index (κ3) is 2.81. The molecule has 0 aliphatic heterocycles. The minimum atomic E-state index is 0.470. The molecule has 0 amide bonds. The maximum atomic E-state index is 5.75. The highest BCUT2D eigenvalue weighted by molar-refractivity contribution is 5.39. The summed E-state index contributed by atoms with van der Waals surface area (Å²) in [6.07, 6.45) is 4.86. The van der Waals surface area contributed by atoms with Gasteiger partial charge in [0.25, 0.3) is 0 Å². The lowest BCUT2D eigenvalue weighted by atomic mass is 10.1. The minimum absolute atomic E-state index is 0.470. The number of aromatic nitrogens is 2. The number of benzene rings is 1. The molecule has 0 bridgehead atoms. The summed E-state index contributed by atoms with van der Waals surface area (Å²) in [4.78, 5) is 4.50. The molecule has 0 saturated heterocycles. The first-order chi connectivity index (χ1) is 9.85. The van der Waals surface area contributed by atoms with E-state index in [-0.39, 0.29) is 0 Å². The van der Waals surface area contributed by atoms with Crippen LogP contribution >= 0.6 is 0 Å². The molecule has 2 N–H and O–H groups in total. The molecule has 2 aromatic heterocycles. The first kappa shape index (κ1) is 12.7. The Morgan fingerprint density at radius 2 is 1.95 bits per heavy atom. The van der Waals surface area contributed by atoms with Crippen LogP contribution in [-0.2, 0) is 13.0 Å². The van der Waals surface area contributed by atoms with Gasteiger partial charge in [0, 0.05) is 12.4 Å². The third-order valence-corrected chi connectivity index (χ3v) is 3.16. The quantitative estimate of drug-likeness (QED) is 0.772. The zero-order chi connectivity index (χ0) is 13.8. The van der Waals surface area contributed by atoms with Gasteiger partial charge < -0.3 is 14.9 Å². The van der Waals surface area contributed by atoms with Crippen LogP contribution < -0.4 is 10.5 Å². The van der Waals surface area contributed by atoms with E-state index in [9.17, 15) is 0 Å². The van der Waals surface area contributed by atoms with E-state index in [2.05, 4.69) is 4.98 Å². The monoisotopic (exact) mass is 267 g/mol. The van der Waals surface area contributed by atoms with E-state index in [1.807, 2.05) is 59.3 Å². The summed E-state index contributed by atoms with van der Waals surface area (Å²) < 4.78 is 7.74. The lowest BCUT2D eigenvalue weighted by Crippen LogP contribution is -2.02. The van der Waals surface area contributed by atoms with Crippen LogP contribution in [0.25, 0.3) is 5.65 Å².